The lowest BCUT2D eigenvalue weighted by Gasteiger charge is -2.06. The maximum Gasteiger partial charge on any atom is 0.245 e. The molecule has 0 aliphatic rings. The zero-order chi connectivity index (χ0) is 18.9. The molecule has 6 heteroatoms. The van der Waals surface area contributed by atoms with Gasteiger partial charge < -0.3 is 4.42 Å². The van der Waals surface area contributed by atoms with E-state index in [1.54, 1.807) is 24.7 Å². The van der Waals surface area contributed by atoms with Gasteiger partial charge in [0.25, 0.3) is 0 Å². The zero-order valence-electron chi connectivity index (χ0n) is 14.6. The zero-order valence-corrected chi connectivity index (χ0v) is 14.6. The molecule has 132 valence electrons. The minimum Gasteiger partial charge on any atom is -0.435 e. The standard InChI is InChI=1S/C22H13N5O/c23-13-17-16-9-4-5-10-18(16)27(22-24-11-6-12-25-22)20(17)21-26-14-19(28-21)15-7-2-1-3-8-15/h1-12,14H. The van der Waals surface area contributed by atoms with Crippen LogP contribution in [0.1, 0.15) is 5.56 Å². The summed E-state index contributed by atoms with van der Waals surface area (Å²) in [4.78, 5) is 13.2. The predicted molar refractivity (Wildman–Crippen MR) is 105 cm³/mol. The van der Waals surface area contributed by atoms with Crippen molar-refractivity contribution < 1.29 is 4.42 Å². The Hall–Kier alpha value is -4.24. The van der Waals surface area contributed by atoms with E-state index in [0.717, 1.165) is 16.5 Å². The van der Waals surface area contributed by atoms with Crippen LogP contribution in [0.4, 0.5) is 0 Å². The number of nitrogens with zero attached hydrogens (tertiary/aromatic N) is 5. The van der Waals surface area contributed by atoms with E-state index in [4.69, 9.17) is 4.42 Å². The molecule has 5 rings (SSSR count). The summed E-state index contributed by atoms with van der Waals surface area (Å²) in [5.41, 5.74) is 2.75. The minimum absolute atomic E-state index is 0.346. The Morgan fingerprint density at radius 2 is 1.61 bits per heavy atom. The fourth-order valence-corrected chi connectivity index (χ4v) is 3.29. The van der Waals surface area contributed by atoms with E-state index in [9.17, 15) is 5.26 Å². The fraction of sp³-hybridized carbons (Fsp3) is 0. The van der Waals surface area contributed by atoms with Crippen molar-refractivity contribution in [3.63, 3.8) is 0 Å². The predicted octanol–water partition coefficient (Wildman–Crippen LogP) is 4.61. The molecule has 0 N–H and O–H groups in total. The number of nitriles is 1. The van der Waals surface area contributed by atoms with E-state index in [-0.39, 0.29) is 0 Å². The third kappa shape index (κ3) is 2.46. The van der Waals surface area contributed by atoms with E-state index in [1.807, 2.05) is 59.2 Å². The van der Waals surface area contributed by atoms with Crippen LogP contribution in [0.25, 0.3) is 39.8 Å². The molecule has 28 heavy (non-hydrogen) atoms. The van der Waals surface area contributed by atoms with Crippen molar-refractivity contribution in [2.45, 2.75) is 0 Å². The van der Waals surface area contributed by atoms with Crippen LogP contribution in [0.5, 0.6) is 0 Å². The van der Waals surface area contributed by atoms with Gasteiger partial charge >= 0.3 is 0 Å². The molecule has 0 radical (unpaired) electrons. The topological polar surface area (TPSA) is 80.5 Å². The second-order valence-corrected chi connectivity index (χ2v) is 6.13. The summed E-state index contributed by atoms with van der Waals surface area (Å²) in [6.45, 7) is 0. The van der Waals surface area contributed by atoms with Gasteiger partial charge in [0.2, 0.25) is 11.8 Å². The van der Waals surface area contributed by atoms with Crippen LogP contribution in [0, 0.1) is 11.3 Å². The number of rotatable bonds is 3. The summed E-state index contributed by atoms with van der Waals surface area (Å²) in [6.07, 6.45) is 5.00. The summed E-state index contributed by atoms with van der Waals surface area (Å²) in [5.74, 6) is 1.43. The maximum atomic E-state index is 9.89. The minimum atomic E-state index is 0.346. The summed E-state index contributed by atoms with van der Waals surface area (Å²) in [7, 11) is 0. The van der Waals surface area contributed by atoms with E-state index in [1.165, 1.54) is 0 Å². The van der Waals surface area contributed by atoms with Crippen LogP contribution < -0.4 is 0 Å². The van der Waals surface area contributed by atoms with Crippen molar-refractivity contribution in [3.05, 3.63) is 84.8 Å². The molecule has 3 heterocycles. The Bertz CT molecular complexity index is 1310. The Balaban J connectivity index is 1.81. The average molecular weight is 363 g/mol. The average Bonchev–Trinajstić information content (AvgIpc) is 3.37. The third-order valence-electron chi connectivity index (χ3n) is 4.51. The molecule has 0 unspecified atom stereocenters. The van der Waals surface area contributed by atoms with Gasteiger partial charge in [0.15, 0.2) is 5.76 Å². The van der Waals surface area contributed by atoms with E-state index >= 15 is 0 Å². The molecule has 0 saturated carbocycles. The fourth-order valence-electron chi connectivity index (χ4n) is 3.29. The lowest BCUT2D eigenvalue weighted by atomic mass is 10.1. The molecule has 0 bridgehead atoms. The SMILES string of the molecule is N#Cc1c(-c2ncc(-c3ccccc3)o2)n(-c2ncccn2)c2ccccc12. The Kier molecular flexibility index (Phi) is 3.70. The molecule has 0 fully saturated rings. The first-order valence-corrected chi connectivity index (χ1v) is 8.69. The van der Waals surface area contributed by atoms with Crippen LogP contribution in [0.15, 0.2) is 83.7 Å². The second-order valence-electron chi connectivity index (χ2n) is 6.13. The van der Waals surface area contributed by atoms with Crippen molar-refractivity contribution >= 4 is 10.9 Å². The lowest BCUT2D eigenvalue weighted by Crippen LogP contribution is -2.02. The van der Waals surface area contributed by atoms with Gasteiger partial charge in [0.05, 0.1) is 17.3 Å². The first-order chi connectivity index (χ1) is 13.9. The summed E-state index contributed by atoms with van der Waals surface area (Å²) >= 11 is 0. The molecule has 0 aliphatic carbocycles. The molecular formula is C22H13N5O. The largest absolute Gasteiger partial charge is 0.435 e. The van der Waals surface area contributed by atoms with Gasteiger partial charge in [0.1, 0.15) is 11.8 Å². The lowest BCUT2D eigenvalue weighted by molar-refractivity contribution is 0.584. The molecule has 0 spiro atoms. The second kappa shape index (κ2) is 6.49. The monoisotopic (exact) mass is 363 g/mol. The Labute approximate surface area is 160 Å². The smallest absolute Gasteiger partial charge is 0.245 e. The van der Waals surface area contributed by atoms with Crippen molar-refractivity contribution in [2.24, 2.45) is 0 Å². The van der Waals surface area contributed by atoms with Gasteiger partial charge in [-0.3, -0.25) is 4.57 Å². The highest BCUT2D eigenvalue weighted by molar-refractivity contribution is 5.94. The van der Waals surface area contributed by atoms with E-state index in [2.05, 4.69) is 21.0 Å². The van der Waals surface area contributed by atoms with Gasteiger partial charge in [-0.15, -0.1) is 0 Å². The molecule has 0 amide bonds. The number of benzene rings is 2. The summed E-state index contributed by atoms with van der Waals surface area (Å²) < 4.78 is 7.87. The Morgan fingerprint density at radius 1 is 0.857 bits per heavy atom. The molecule has 0 aliphatic heterocycles. The van der Waals surface area contributed by atoms with Crippen molar-refractivity contribution in [3.8, 4) is 34.9 Å². The van der Waals surface area contributed by atoms with Gasteiger partial charge in [-0.2, -0.15) is 5.26 Å². The highest BCUT2D eigenvalue weighted by atomic mass is 16.4. The molecule has 3 aromatic heterocycles. The van der Waals surface area contributed by atoms with Gasteiger partial charge in [0, 0.05) is 23.3 Å². The molecule has 0 atom stereocenters. The first kappa shape index (κ1) is 16.0. The highest BCUT2D eigenvalue weighted by Crippen LogP contribution is 2.36. The number of hydrogen-bond donors (Lipinski definition) is 0. The molecular weight excluding hydrogens is 350 g/mol. The van der Waals surface area contributed by atoms with Gasteiger partial charge in [-0.25, -0.2) is 15.0 Å². The quantitative estimate of drug-likeness (QED) is 0.467. The van der Waals surface area contributed by atoms with Gasteiger partial charge in [-0.1, -0.05) is 48.5 Å². The number of fused-ring (bicyclic) bond motifs is 1. The summed E-state index contributed by atoms with van der Waals surface area (Å²) in [6, 6.07) is 21.4. The van der Waals surface area contributed by atoms with Gasteiger partial charge in [-0.05, 0) is 12.1 Å². The van der Waals surface area contributed by atoms with Crippen LogP contribution >= 0.6 is 0 Å². The number of aromatic nitrogens is 4. The Morgan fingerprint density at radius 3 is 2.39 bits per heavy atom. The van der Waals surface area contributed by atoms with Crippen LogP contribution in [0.2, 0.25) is 0 Å². The highest BCUT2D eigenvalue weighted by Gasteiger charge is 2.24. The van der Waals surface area contributed by atoms with Crippen molar-refractivity contribution in [1.29, 1.82) is 5.26 Å². The molecule has 5 aromatic rings. The van der Waals surface area contributed by atoms with Crippen molar-refractivity contribution in [2.75, 3.05) is 0 Å². The van der Waals surface area contributed by atoms with Crippen molar-refractivity contribution in [1.82, 2.24) is 19.5 Å². The molecule has 2 aromatic carbocycles. The first-order valence-electron chi connectivity index (χ1n) is 8.69. The number of hydrogen-bond acceptors (Lipinski definition) is 5. The van der Waals surface area contributed by atoms with Crippen LogP contribution in [-0.4, -0.2) is 19.5 Å². The van der Waals surface area contributed by atoms with E-state index in [0.29, 0.717) is 28.9 Å². The van der Waals surface area contributed by atoms with Crippen LogP contribution in [0.3, 0.4) is 0 Å². The van der Waals surface area contributed by atoms with E-state index < -0.39 is 0 Å². The maximum absolute atomic E-state index is 9.89. The van der Waals surface area contributed by atoms with Crippen LogP contribution in [-0.2, 0) is 0 Å². The third-order valence-corrected chi connectivity index (χ3v) is 4.51. The number of para-hydroxylation sites is 1. The molecule has 0 saturated heterocycles. The molecule has 6 nitrogen and oxygen atoms in total. The normalized spacial score (nSPS) is 10.8. The number of oxazole rings is 1. The summed E-state index contributed by atoms with van der Waals surface area (Å²) in [5, 5.41) is 10.7.